The lowest BCUT2D eigenvalue weighted by Gasteiger charge is -2.40. The molecule has 0 aromatic heterocycles. The lowest BCUT2D eigenvalue weighted by atomic mass is 10.0. The first-order valence-electron chi connectivity index (χ1n) is 7.26. The summed E-state index contributed by atoms with van der Waals surface area (Å²) in [5, 5.41) is 3.66. The molecule has 2 atom stereocenters. The number of rotatable bonds is 4. The third-order valence-electron chi connectivity index (χ3n) is 4.05. The molecule has 100 valence electrons. The Kier molecular flexibility index (Phi) is 4.79. The first-order valence-corrected chi connectivity index (χ1v) is 7.26. The Labute approximate surface area is 111 Å². The average molecular weight is 246 g/mol. The van der Waals surface area contributed by atoms with Crippen molar-refractivity contribution >= 4 is 0 Å². The fourth-order valence-corrected chi connectivity index (χ4v) is 2.84. The van der Waals surface area contributed by atoms with Crippen LogP contribution in [0.3, 0.4) is 0 Å². The van der Waals surface area contributed by atoms with E-state index in [1.54, 1.807) is 0 Å². The van der Waals surface area contributed by atoms with E-state index < -0.39 is 0 Å². The minimum absolute atomic E-state index is 0.664. The van der Waals surface area contributed by atoms with Gasteiger partial charge in [-0.25, -0.2) is 0 Å². The lowest BCUT2D eigenvalue weighted by Crippen LogP contribution is -2.55. The van der Waals surface area contributed by atoms with Gasteiger partial charge in [-0.3, -0.25) is 4.90 Å². The molecule has 2 heteroatoms. The molecule has 0 bridgehead atoms. The molecule has 18 heavy (non-hydrogen) atoms. The van der Waals surface area contributed by atoms with Crippen molar-refractivity contribution in [1.82, 2.24) is 10.2 Å². The van der Waals surface area contributed by atoms with E-state index in [1.807, 2.05) is 0 Å². The molecule has 1 aromatic rings. The zero-order valence-corrected chi connectivity index (χ0v) is 11.9. The third-order valence-corrected chi connectivity index (χ3v) is 4.05. The van der Waals surface area contributed by atoms with Gasteiger partial charge in [0.25, 0.3) is 0 Å². The molecule has 1 aliphatic rings. The molecule has 1 aromatic carbocycles. The Morgan fingerprint density at radius 3 is 2.78 bits per heavy atom. The predicted molar refractivity (Wildman–Crippen MR) is 77.7 cm³/mol. The standard InChI is InChI=1S/C16H26N2/c1-4-15-12-18(16(5-2)10-17-15)11-14-8-6-7-13(3)9-14/h6-9,15-17H,4-5,10-12H2,1-3H3. The number of nitrogens with one attached hydrogen (secondary N) is 1. The zero-order valence-electron chi connectivity index (χ0n) is 11.9. The van der Waals surface area contributed by atoms with Gasteiger partial charge in [-0.05, 0) is 25.3 Å². The summed E-state index contributed by atoms with van der Waals surface area (Å²) in [7, 11) is 0. The highest BCUT2D eigenvalue weighted by atomic mass is 15.2. The van der Waals surface area contributed by atoms with Crippen molar-refractivity contribution < 1.29 is 0 Å². The minimum Gasteiger partial charge on any atom is -0.311 e. The van der Waals surface area contributed by atoms with Crippen molar-refractivity contribution in [2.75, 3.05) is 13.1 Å². The predicted octanol–water partition coefficient (Wildman–Crippen LogP) is 2.96. The maximum Gasteiger partial charge on any atom is 0.0237 e. The summed E-state index contributed by atoms with van der Waals surface area (Å²) in [6, 6.07) is 10.3. The van der Waals surface area contributed by atoms with Crippen LogP contribution in [0.1, 0.15) is 37.8 Å². The molecular formula is C16H26N2. The first-order chi connectivity index (χ1) is 8.72. The van der Waals surface area contributed by atoms with E-state index in [1.165, 1.54) is 30.5 Å². The van der Waals surface area contributed by atoms with Gasteiger partial charge < -0.3 is 5.32 Å². The Balaban J connectivity index is 2.04. The Hall–Kier alpha value is -0.860. The zero-order chi connectivity index (χ0) is 13.0. The second-order valence-corrected chi connectivity index (χ2v) is 5.49. The van der Waals surface area contributed by atoms with Crippen LogP contribution in [0.25, 0.3) is 0 Å². The van der Waals surface area contributed by atoms with Crippen molar-refractivity contribution in [3.63, 3.8) is 0 Å². The quantitative estimate of drug-likeness (QED) is 0.878. The topological polar surface area (TPSA) is 15.3 Å². The van der Waals surface area contributed by atoms with Crippen molar-refractivity contribution in [3.8, 4) is 0 Å². The summed E-state index contributed by atoms with van der Waals surface area (Å²) >= 11 is 0. The van der Waals surface area contributed by atoms with E-state index in [9.17, 15) is 0 Å². The van der Waals surface area contributed by atoms with Crippen LogP contribution in [0.5, 0.6) is 0 Å². The van der Waals surface area contributed by atoms with E-state index in [0.717, 1.165) is 13.1 Å². The molecule has 0 spiro atoms. The van der Waals surface area contributed by atoms with Gasteiger partial charge in [-0.2, -0.15) is 0 Å². The second kappa shape index (κ2) is 6.35. The largest absolute Gasteiger partial charge is 0.311 e. The number of piperazine rings is 1. The fourth-order valence-electron chi connectivity index (χ4n) is 2.84. The molecule has 1 fully saturated rings. The number of hydrogen-bond donors (Lipinski definition) is 1. The maximum atomic E-state index is 3.66. The third kappa shape index (κ3) is 3.33. The average Bonchev–Trinajstić information content (AvgIpc) is 2.38. The van der Waals surface area contributed by atoms with Crippen LogP contribution in [0.2, 0.25) is 0 Å². The number of benzene rings is 1. The van der Waals surface area contributed by atoms with Gasteiger partial charge >= 0.3 is 0 Å². The van der Waals surface area contributed by atoms with Crippen molar-refractivity contribution in [1.29, 1.82) is 0 Å². The second-order valence-electron chi connectivity index (χ2n) is 5.49. The van der Waals surface area contributed by atoms with Crippen LogP contribution in [0.4, 0.5) is 0 Å². The molecule has 1 aliphatic heterocycles. The van der Waals surface area contributed by atoms with E-state index in [4.69, 9.17) is 0 Å². The maximum absolute atomic E-state index is 3.66. The summed E-state index contributed by atoms with van der Waals surface area (Å²) < 4.78 is 0. The molecule has 1 saturated heterocycles. The monoisotopic (exact) mass is 246 g/mol. The summed E-state index contributed by atoms with van der Waals surface area (Å²) in [5.41, 5.74) is 2.81. The number of aryl methyl sites for hydroxylation is 1. The van der Waals surface area contributed by atoms with Crippen molar-refractivity contribution in [3.05, 3.63) is 35.4 Å². The summed E-state index contributed by atoms with van der Waals surface area (Å²) in [6.07, 6.45) is 2.45. The summed E-state index contributed by atoms with van der Waals surface area (Å²) in [5.74, 6) is 0. The molecule has 1 heterocycles. The summed E-state index contributed by atoms with van der Waals surface area (Å²) in [4.78, 5) is 2.65. The van der Waals surface area contributed by atoms with Crippen LogP contribution in [0.15, 0.2) is 24.3 Å². The van der Waals surface area contributed by atoms with Gasteiger partial charge in [0.15, 0.2) is 0 Å². The lowest BCUT2D eigenvalue weighted by molar-refractivity contribution is 0.117. The van der Waals surface area contributed by atoms with Crippen LogP contribution < -0.4 is 5.32 Å². The van der Waals surface area contributed by atoms with Gasteiger partial charge in [0, 0.05) is 31.7 Å². The van der Waals surface area contributed by atoms with Crippen LogP contribution in [-0.2, 0) is 6.54 Å². The van der Waals surface area contributed by atoms with Crippen LogP contribution >= 0.6 is 0 Å². The molecule has 2 nitrogen and oxygen atoms in total. The van der Waals surface area contributed by atoms with Gasteiger partial charge in [0.1, 0.15) is 0 Å². The molecule has 0 radical (unpaired) electrons. The van der Waals surface area contributed by atoms with Crippen molar-refractivity contribution in [2.24, 2.45) is 0 Å². The molecule has 0 aliphatic carbocycles. The van der Waals surface area contributed by atoms with Crippen LogP contribution in [0, 0.1) is 6.92 Å². The van der Waals surface area contributed by atoms with Gasteiger partial charge in [0.05, 0.1) is 0 Å². The number of hydrogen-bond acceptors (Lipinski definition) is 2. The Bertz CT molecular complexity index is 375. The van der Waals surface area contributed by atoms with Gasteiger partial charge in [-0.1, -0.05) is 43.7 Å². The molecule has 2 rings (SSSR count). The van der Waals surface area contributed by atoms with E-state index in [-0.39, 0.29) is 0 Å². The highest BCUT2D eigenvalue weighted by Crippen LogP contribution is 2.16. The van der Waals surface area contributed by atoms with E-state index in [2.05, 4.69) is 55.3 Å². The fraction of sp³-hybridized carbons (Fsp3) is 0.625. The number of nitrogens with zero attached hydrogens (tertiary/aromatic N) is 1. The first kappa shape index (κ1) is 13.6. The highest BCUT2D eigenvalue weighted by molar-refractivity contribution is 5.22. The molecule has 2 unspecified atom stereocenters. The smallest absolute Gasteiger partial charge is 0.0237 e. The normalized spacial score (nSPS) is 25.3. The molecule has 0 saturated carbocycles. The highest BCUT2D eigenvalue weighted by Gasteiger charge is 2.25. The minimum atomic E-state index is 0.664. The van der Waals surface area contributed by atoms with Gasteiger partial charge in [-0.15, -0.1) is 0 Å². The molecular weight excluding hydrogens is 220 g/mol. The Morgan fingerprint density at radius 1 is 1.28 bits per heavy atom. The van der Waals surface area contributed by atoms with E-state index in [0.29, 0.717) is 12.1 Å². The van der Waals surface area contributed by atoms with Gasteiger partial charge in [0.2, 0.25) is 0 Å². The van der Waals surface area contributed by atoms with E-state index >= 15 is 0 Å². The molecule has 0 amide bonds. The molecule has 1 N–H and O–H groups in total. The summed E-state index contributed by atoms with van der Waals surface area (Å²) in [6.45, 7) is 10.2. The van der Waals surface area contributed by atoms with Crippen molar-refractivity contribution in [2.45, 2.75) is 52.2 Å². The van der Waals surface area contributed by atoms with Crippen LogP contribution in [-0.4, -0.2) is 30.1 Å². The Morgan fingerprint density at radius 2 is 2.11 bits per heavy atom. The SMILES string of the molecule is CCC1CN(Cc2cccc(C)c2)C(CC)CN1.